The van der Waals surface area contributed by atoms with Crippen molar-refractivity contribution in [2.24, 2.45) is 5.41 Å². The van der Waals surface area contributed by atoms with Crippen LogP contribution in [0.15, 0.2) is 0 Å². The normalized spacial score (nSPS) is 39.6. The summed E-state index contributed by atoms with van der Waals surface area (Å²) in [5, 5.41) is 0. The first kappa shape index (κ1) is 12.0. The average Bonchev–Trinajstić information content (AvgIpc) is 2.32. The van der Waals surface area contributed by atoms with E-state index in [4.69, 9.17) is 13.3 Å². The molecule has 0 aromatic rings. The van der Waals surface area contributed by atoms with Crippen LogP contribution in [0.2, 0.25) is 0 Å². The van der Waals surface area contributed by atoms with Crippen molar-refractivity contribution in [3.63, 3.8) is 0 Å². The molecule has 3 saturated heterocycles. The number of unbranched alkanes of at least 4 members (excludes halogenated alkanes) is 1. The molecule has 0 spiro atoms. The Kier molecular flexibility index (Phi) is 3.86. The Labute approximate surface area is 96.5 Å². The van der Waals surface area contributed by atoms with E-state index in [1.165, 1.54) is 0 Å². The van der Waals surface area contributed by atoms with E-state index in [1.807, 2.05) is 0 Å². The third-order valence-electron chi connectivity index (χ3n) is 3.19. The molecule has 0 N–H and O–H groups in total. The van der Waals surface area contributed by atoms with Crippen LogP contribution in [0, 0.1) is 5.41 Å². The van der Waals surface area contributed by atoms with Gasteiger partial charge in [-0.25, -0.2) is 0 Å². The first-order valence-corrected chi connectivity index (χ1v) is 8.35. The predicted octanol–water partition coefficient (Wildman–Crippen LogP) is 2.09. The zero-order valence-corrected chi connectivity index (χ0v) is 11.1. The summed E-state index contributed by atoms with van der Waals surface area (Å²) < 4.78 is 22.9. The van der Waals surface area contributed by atoms with E-state index in [2.05, 4.69) is 13.8 Å². The Morgan fingerprint density at radius 2 is 1.73 bits per heavy atom. The van der Waals surface area contributed by atoms with Crippen molar-refractivity contribution in [1.29, 1.82) is 0 Å². The average molecular weight is 252 g/mol. The summed E-state index contributed by atoms with van der Waals surface area (Å²) >= 11 is -3.22. The van der Waals surface area contributed by atoms with Gasteiger partial charge in [-0.05, 0) is 0 Å². The summed E-state index contributed by atoms with van der Waals surface area (Å²) in [6.45, 7) is 7.27. The van der Waals surface area contributed by atoms with Crippen LogP contribution in [0.1, 0.15) is 33.1 Å². The van der Waals surface area contributed by atoms with Gasteiger partial charge in [0.25, 0.3) is 0 Å². The molecule has 3 aliphatic heterocycles. The number of fused-ring (bicyclic) bond motifs is 3. The van der Waals surface area contributed by atoms with Gasteiger partial charge in [0.1, 0.15) is 0 Å². The summed E-state index contributed by atoms with van der Waals surface area (Å²) in [6.07, 6.45) is 3.21. The molecule has 5 heteroatoms. The maximum atomic E-state index is 5.73. The Morgan fingerprint density at radius 1 is 1.13 bits per heavy atom. The molecule has 15 heavy (non-hydrogen) atoms. The fraction of sp³-hybridized carbons (Fsp3) is 1.00. The van der Waals surface area contributed by atoms with Gasteiger partial charge in [-0.3, -0.25) is 0 Å². The summed E-state index contributed by atoms with van der Waals surface area (Å²) in [4.78, 5) is 0. The molecule has 0 radical (unpaired) electrons. The predicted molar refractivity (Wildman–Crippen MR) is 51.4 cm³/mol. The number of hydrogen-bond acceptors (Lipinski definition) is 4. The topological polar surface area (TPSA) is 36.9 Å². The van der Waals surface area contributed by atoms with Gasteiger partial charge in [0.05, 0.1) is 0 Å². The molecule has 0 aliphatic carbocycles. The van der Waals surface area contributed by atoms with Gasteiger partial charge in [0, 0.05) is 0 Å². The molecule has 3 rings (SSSR count). The van der Waals surface area contributed by atoms with Crippen molar-refractivity contribution in [2.75, 3.05) is 26.4 Å². The monoisotopic (exact) mass is 252 g/mol. The summed E-state index contributed by atoms with van der Waals surface area (Å²) in [5.74, 6) is 0. The van der Waals surface area contributed by atoms with E-state index in [9.17, 15) is 0 Å². The van der Waals surface area contributed by atoms with Crippen LogP contribution in [-0.2, 0) is 31.4 Å². The zero-order valence-electron chi connectivity index (χ0n) is 9.58. The second-order valence-corrected chi connectivity index (χ2v) is 7.79. The zero-order chi connectivity index (χ0) is 10.8. The van der Waals surface area contributed by atoms with Crippen LogP contribution in [0.5, 0.6) is 0 Å². The number of hydrogen-bond donors (Lipinski definition) is 0. The maximum absolute atomic E-state index is 5.73. The minimum absolute atomic E-state index is 0.0983. The van der Waals surface area contributed by atoms with Crippen LogP contribution in [-0.4, -0.2) is 26.4 Å². The van der Waals surface area contributed by atoms with Gasteiger partial charge in [-0.15, -0.1) is 0 Å². The molecule has 2 bridgehead atoms. The van der Waals surface area contributed by atoms with Crippen molar-refractivity contribution < 1.29 is 31.4 Å². The summed E-state index contributed by atoms with van der Waals surface area (Å²) in [6, 6.07) is 0. The van der Waals surface area contributed by atoms with E-state index in [0.717, 1.165) is 39.1 Å². The molecule has 88 valence electrons. The van der Waals surface area contributed by atoms with Crippen molar-refractivity contribution in [3.05, 3.63) is 0 Å². The molecule has 0 atom stereocenters. The molecular weight excluding hydrogens is 232 g/mol. The fourth-order valence-corrected chi connectivity index (χ4v) is 5.41. The van der Waals surface area contributed by atoms with Crippen molar-refractivity contribution in [2.45, 2.75) is 33.1 Å². The third-order valence-corrected chi connectivity index (χ3v) is 6.40. The molecule has 3 fully saturated rings. The summed E-state index contributed by atoms with van der Waals surface area (Å²) in [5.41, 5.74) is 0.0983. The van der Waals surface area contributed by atoms with E-state index >= 15 is 0 Å². The first-order chi connectivity index (χ1) is 7.24. The Balaban J connectivity index is 1.86. The molecule has 3 aliphatic rings. The van der Waals surface area contributed by atoms with Crippen LogP contribution < -0.4 is 0 Å². The quantitative estimate of drug-likeness (QED) is 0.554. The molecule has 0 aromatic heterocycles. The molecule has 0 unspecified atom stereocenters. The molecule has 3 heterocycles. The van der Waals surface area contributed by atoms with Gasteiger partial charge < -0.3 is 0 Å². The van der Waals surface area contributed by atoms with Crippen LogP contribution in [0.3, 0.4) is 0 Å². The fourth-order valence-electron chi connectivity index (χ4n) is 1.75. The standard InChI is InChI=1S/C6H11O3.C4H9O.Ti/c1-2-6(3-7,4-8)5-9;1-2-3-4-5;/h2-5H2,1H3;2-4H2,1H3;/q-3;-1;+4. The van der Waals surface area contributed by atoms with Gasteiger partial charge in [-0.1, -0.05) is 0 Å². The second kappa shape index (κ2) is 4.82. The Bertz CT molecular complexity index is 191. The SMILES string of the molecule is CCCC[O][Ti]12[O]CC(CC)(C[O]1)C[O]2. The Morgan fingerprint density at radius 3 is 2.20 bits per heavy atom. The van der Waals surface area contributed by atoms with E-state index in [1.54, 1.807) is 0 Å². The van der Waals surface area contributed by atoms with Crippen molar-refractivity contribution in [1.82, 2.24) is 0 Å². The molecule has 4 nitrogen and oxygen atoms in total. The number of rotatable bonds is 5. The van der Waals surface area contributed by atoms with Crippen molar-refractivity contribution >= 4 is 0 Å². The van der Waals surface area contributed by atoms with E-state index < -0.39 is 18.1 Å². The van der Waals surface area contributed by atoms with Gasteiger partial charge in [0.15, 0.2) is 0 Å². The van der Waals surface area contributed by atoms with E-state index in [0.29, 0.717) is 6.61 Å². The van der Waals surface area contributed by atoms with Crippen LogP contribution in [0.25, 0.3) is 0 Å². The van der Waals surface area contributed by atoms with Crippen LogP contribution >= 0.6 is 0 Å². The van der Waals surface area contributed by atoms with E-state index in [-0.39, 0.29) is 5.41 Å². The summed E-state index contributed by atoms with van der Waals surface area (Å²) in [7, 11) is 0. The first-order valence-electron chi connectivity index (χ1n) is 5.80. The van der Waals surface area contributed by atoms with Gasteiger partial charge >= 0.3 is 96.4 Å². The minimum atomic E-state index is -3.22. The van der Waals surface area contributed by atoms with Gasteiger partial charge in [-0.2, -0.15) is 0 Å². The molecule has 0 saturated carbocycles. The molecular formula is C10H20O4Ti. The van der Waals surface area contributed by atoms with Crippen molar-refractivity contribution in [3.8, 4) is 0 Å². The third kappa shape index (κ3) is 2.46. The van der Waals surface area contributed by atoms with Gasteiger partial charge in [0.2, 0.25) is 0 Å². The second-order valence-electron chi connectivity index (χ2n) is 4.42. The Hall–Kier alpha value is 0.554. The molecule has 0 aromatic carbocycles. The van der Waals surface area contributed by atoms with Crippen LogP contribution in [0.4, 0.5) is 0 Å². The molecule has 0 amide bonds.